The normalized spacial score (nSPS) is 24.5. The Labute approximate surface area is 95.9 Å². The zero-order valence-electron chi connectivity index (χ0n) is 9.69. The van der Waals surface area contributed by atoms with E-state index in [-0.39, 0.29) is 11.2 Å². The van der Waals surface area contributed by atoms with E-state index in [1.165, 1.54) is 5.56 Å². The van der Waals surface area contributed by atoms with Gasteiger partial charge in [0.2, 0.25) is 0 Å². The number of hydrogen-bond acceptors (Lipinski definition) is 2. The van der Waals surface area contributed by atoms with Gasteiger partial charge in [-0.15, -0.1) is 0 Å². The number of allylic oxidation sites excluding steroid dienone is 2. The standard InChI is InChI=1S/C14H16O2/c1-14(9-7-12(15)8-10-14)11-3-5-13(16-2)6-4-11/h3-7,9H,8,10H2,1-2H3/t14-/m0/s1. The van der Waals surface area contributed by atoms with E-state index in [2.05, 4.69) is 19.1 Å². The second-order valence-corrected chi connectivity index (χ2v) is 4.45. The van der Waals surface area contributed by atoms with E-state index >= 15 is 0 Å². The molecular weight excluding hydrogens is 200 g/mol. The Hall–Kier alpha value is -1.57. The van der Waals surface area contributed by atoms with Crippen molar-refractivity contribution in [2.75, 3.05) is 7.11 Å². The maximum atomic E-state index is 11.2. The van der Waals surface area contributed by atoms with Crippen LogP contribution in [0, 0.1) is 0 Å². The molecule has 0 spiro atoms. The van der Waals surface area contributed by atoms with Crippen LogP contribution in [0.2, 0.25) is 0 Å². The number of carbonyl (C=O) groups excluding carboxylic acids is 1. The molecule has 0 saturated carbocycles. The van der Waals surface area contributed by atoms with Gasteiger partial charge in [0.05, 0.1) is 7.11 Å². The van der Waals surface area contributed by atoms with E-state index in [0.29, 0.717) is 6.42 Å². The molecule has 1 aromatic rings. The van der Waals surface area contributed by atoms with Crippen molar-refractivity contribution in [1.29, 1.82) is 0 Å². The highest BCUT2D eigenvalue weighted by molar-refractivity contribution is 5.91. The monoisotopic (exact) mass is 216 g/mol. The van der Waals surface area contributed by atoms with Gasteiger partial charge in [-0.2, -0.15) is 0 Å². The van der Waals surface area contributed by atoms with E-state index in [0.717, 1.165) is 12.2 Å². The van der Waals surface area contributed by atoms with Crippen molar-refractivity contribution in [2.24, 2.45) is 0 Å². The van der Waals surface area contributed by atoms with Crippen molar-refractivity contribution in [2.45, 2.75) is 25.2 Å². The Morgan fingerprint density at radius 3 is 2.44 bits per heavy atom. The largest absolute Gasteiger partial charge is 0.497 e. The van der Waals surface area contributed by atoms with Crippen molar-refractivity contribution in [1.82, 2.24) is 0 Å². The predicted molar refractivity (Wildman–Crippen MR) is 63.7 cm³/mol. The summed E-state index contributed by atoms with van der Waals surface area (Å²) in [6.45, 7) is 2.16. The molecule has 0 aliphatic heterocycles. The third-order valence-electron chi connectivity index (χ3n) is 3.28. The second kappa shape index (κ2) is 4.12. The summed E-state index contributed by atoms with van der Waals surface area (Å²) < 4.78 is 5.13. The number of ether oxygens (including phenoxy) is 1. The topological polar surface area (TPSA) is 26.3 Å². The molecule has 0 unspecified atom stereocenters. The van der Waals surface area contributed by atoms with E-state index < -0.39 is 0 Å². The minimum Gasteiger partial charge on any atom is -0.497 e. The molecule has 1 atom stereocenters. The number of hydrogen-bond donors (Lipinski definition) is 0. The molecule has 0 amide bonds. The van der Waals surface area contributed by atoms with Gasteiger partial charge >= 0.3 is 0 Å². The minimum atomic E-state index is -0.0137. The smallest absolute Gasteiger partial charge is 0.155 e. The van der Waals surface area contributed by atoms with Crippen molar-refractivity contribution in [3.63, 3.8) is 0 Å². The molecule has 0 saturated heterocycles. The molecule has 0 radical (unpaired) electrons. The zero-order chi connectivity index (χ0) is 11.6. The molecular formula is C14H16O2. The summed E-state index contributed by atoms with van der Waals surface area (Å²) >= 11 is 0. The fourth-order valence-electron chi connectivity index (χ4n) is 2.04. The average molecular weight is 216 g/mol. The first-order chi connectivity index (χ1) is 7.64. The van der Waals surface area contributed by atoms with Crippen LogP contribution in [0.15, 0.2) is 36.4 Å². The predicted octanol–water partition coefficient (Wildman–Crippen LogP) is 2.87. The van der Waals surface area contributed by atoms with Gasteiger partial charge in [-0.3, -0.25) is 4.79 Å². The van der Waals surface area contributed by atoms with Crippen LogP contribution in [0.5, 0.6) is 5.75 Å². The van der Waals surface area contributed by atoms with Crippen molar-refractivity contribution in [3.05, 3.63) is 42.0 Å². The Morgan fingerprint density at radius 2 is 1.94 bits per heavy atom. The maximum Gasteiger partial charge on any atom is 0.155 e. The molecule has 16 heavy (non-hydrogen) atoms. The van der Waals surface area contributed by atoms with E-state index in [9.17, 15) is 4.79 Å². The lowest BCUT2D eigenvalue weighted by Crippen LogP contribution is -2.23. The Bertz CT molecular complexity index is 417. The molecule has 1 aromatic carbocycles. The Balaban J connectivity index is 2.29. The van der Waals surface area contributed by atoms with Crippen LogP contribution in [0.3, 0.4) is 0 Å². The third-order valence-corrected chi connectivity index (χ3v) is 3.28. The van der Waals surface area contributed by atoms with Gasteiger partial charge in [-0.05, 0) is 30.2 Å². The average Bonchev–Trinajstić information content (AvgIpc) is 2.33. The SMILES string of the molecule is COc1ccc([C@@]2(C)C=CC(=O)CC2)cc1. The summed E-state index contributed by atoms with van der Waals surface area (Å²) in [5.74, 6) is 1.09. The van der Waals surface area contributed by atoms with Gasteiger partial charge in [-0.25, -0.2) is 0 Å². The molecule has 0 N–H and O–H groups in total. The molecule has 0 aromatic heterocycles. The summed E-state index contributed by atoms with van der Waals surface area (Å²) in [7, 11) is 1.66. The molecule has 0 heterocycles. The molecule has 1 aliphatic carbocycles. The summed E-state index contributed by atoms with van der Waals surface area (Å²) in [6, 6.07) is 8.06. The molecule has 84 valence electrons. The van der Waals surface area contributed by atoms with Crippen LogP contribution >= 0.6 is 0 Å². The van der Waals surface area contributed by atoms with Gasteiger partial charge in [0.25, 0.3) is 0 Å². The summed E-state index contributed by atoms with van der Waals surface area (Å²) in [5, 5.41) is 0. The minimum absolute atomic E-state index is 0.0137. The quantitative estimate of drug-likeness (QED) is 0.759. The Morgan fingerprint density at radius 1 is 1.25 bits per heavy atom. The molecule has 1 aliphatic rings. The fraction of sp³-hybridized carbons (Fsp3) is 0.357. The van der Waals surface area contributed by atoms with Crippen molar-refractivity contribution < 1.29 is 9.53 Å². The van der Waals surface area contributed by atoms with Crippen LogP contribution in [0.1, 0.15) is 25.3 Å². The number of carbonyl (C=O) groups is 1. The van der Waals surface area contributed by atoms with Gasteiger partial charge < -0.3 is 4.74 Å². The lowest BCUT2D eigenvalue weighted by molar-refractivity contribution is -0.115. The zero-order valence-corrected chi connectivity index (χ0v) is 9.69. The van der Waals surface area contributed by atoms with Crippen molar-refractivity contribution in [3.8, 4) is 5.75 Å². The number of ketones is 1. The molecule has 2 nitrogen and oxygen atoms in total. The summed E-state index contributed by atoms with van der Waals surface area (Å²) in [5.41, 5.74) is 1.22. The van der Waals surface area contributed by atoms with E-state index in [1.807, 2.05) is 18.2 Å². The van der Waals surface area contributed by atoms with Crippen LogP contribution in [-0.4, -0.2) is 12.9 Å². The lowest BCUT2D eigenvalue weighted by atomic mass is 9.75. The lowest BCUT2D eigenvalue weighted by Gasteiger charge is -2.29. The first-order valence-electron chi connectivity index (χ1n) is 5.51. The van der Waals surface area contributed by atoms with Crippen LogP contribution in [-0.2, 0) is 10.2 Å². The number of benzene rings is 1. The summed E-state index contributed by atoms with van der Waals surface area (Å²) in [6.07, 6.45) is 5.24. The third kappa shape index (κ3) is 2.01. The molecule has 2 heteroatoms. The van der Waals surface area contributed by atoms with Gasteiger partial charge in [-0.1, -0.05) is 25.1 Å². The first kappa shape index (κ1) is 10.9. The first-order valence-corrected chi connectivity index (χ1v) is 5.51. The van der Waals surface area contributed by atoms with Gasteiger partial charge in [0.1, 0.15) is 5.75 Å². The van der Waals surface area contributed by atoms with E-state index in [1.54, 1.807) is 13.2 Å². The van der Waals surface area contributed by atoms with Crippen LogP contribution in [0.25, 0.3) is 0 Å². The van der Waals surface area contributed by atoms with Crippen LogP contribution in [0.4, 0.5) is 0 Å². The van der Waals surface area contributed by atoms with Crippen LogP contribution < -0.4 is 4.74 Å². The highest BCUT2D eigenvalue weighted by Crippen LogP contribution is 2.34. The second-order valence-electron chi connectivity index (χ2n) is 4.45. The Kier molecular flexibility index (Phi) is 2.82. The van der Waals surface area contributed by atoms with Gasteiger partial charge in [0, 0.05) is 11.8 Å². The highest BCUT2D eigenvalue weighted by Gasteiger charge is 2.27. The number of methoxy groups -OCH3 is 1. The fourth-order valence-corrected chi connectivity index (χ4v) is 2.04. The van der Waals surface area contributed by atoms with E-state index in [4.69, 9.17) is 4.74 Å². The maximum absolute atomic E-state index is 11.2. The summed E-state index contributed by atoms with van der Waals surface area (Å²) in [4.78, 5) is 11.2. The highest BCUT2D eigenvalue weighted by atomic mass is 16.5. The molecule has 2 rings (SSSR count). The van der Waals surface area contributed by atoms with Gasteiger partial charge in [0.15, 0.2) is 5.78 Å². The van der Waals surface area contributed by atoms with Crippen molar-refractivity contribution >= 4 is 5.78 Å². The molecule has 0 bridgehead atoms. The molecule has 0 fully saturated rings. The number of rotatable bonds is 2.